The predicted octanol–water partition coefficient (Wildman–Crippen LogP) is 21.9. The molecule has 2 unspecified atom stereocenters. The Morgan fingerprint density at radius 3 is 0.723 bits per heavy atom. The third kappa shape index (κ3) is 68.6. The first-order valence-electron chi connectivity index (χ1n) is 39.0. The van der Waals surface area contributed by atoms with E-state index in [1.165, 1.54) is 199 Å². The van der Waals surface area contributed by atoms with Crippen molar-refractivity contribution in [3.05, 3.63) is 0 Å². The van der Waals surface area contributed by atoms with Crippen molar-refractivity contribution >= 4 is 39.5 Å². The molecule has 3 N–H and O–H groups in total. The standard InChI is InChI=1S/C75H146O17P2/c1-7-9-11-13-15-17-19-21-23-24-25-26-27-29-31-35-39-47-53-59-74(79)91-70(63-85-72(77)57-51-45-38-34-30-28-22-20-18-16-14-12-10-8-2)65-89-93(81,82)87-61-69(76)62-88-94(83,84)90-66-71(64-86-73(78)58-52-46-42-41-44-50-56-68(5)6)92-75(80)60-54-48-40-36-32-33-37-43-49-55-67(3)4/h67-71,76H,7-66H2,1-6H3,(H,81,82)(H,83,84)/t69-,70-,71-/m1/s1. The molecule has 0 aliphatic heterocycles. The van der Waals surface area contributed by atoms with Gasteiger partial charge in [0.15, 0.2) is 12.2 Å². The van der Waals surface area contributed by atoms with Gasteiger partial charge in [-0.2, -0.15) is 0 Å². The van der Waals surface area contributed by atoms with Crippen molar-refractivity contribution in [2.24, 2.45) is 11.8 Å². The molecule has 5 atom stereocenters. The fourth-order valence-electron chi connectivity index (χ4n) is 11.5. The molecular formula is C75H146O17P2. The summed E-state index contributed by atoms with van der Waals surface area (Å²) in [6.45, 7) is 9.48. The minimum atomic E-state index is -4.96. The zero-order valence-electron chi connectivity index (χ0n) is 61.3. The number of hydrogen-bond acceptors (Lipinski definition) is 15. The Bertz CT molecular complexity index is 1820. The van der Waals surface area contributed by atoms with E-state index in [0.717, 1.165) is 102 Å². The number of carbonyl (C=O) groups is 4. The summed E-state index contributed by atoms with van der Waals surface area (Å²) in [5, 5.41) is 10.6. The van der Waals surface area contributed by atoms with Crippen LogP contribution >= 0.6 is 15.6 Å². The molecule has 17 nitrogen and oxygen atoms in total. The summed E-state index contributed by atoms with van der Waals surface area (Å²) in [6.07, 6.45) is 54.3. The monoisotopic (exact) mass is 1380 g/mol. The fraction of sp³-hybridized carbons (Fsp3) is 0.947. The van der Waals surface area contributed by atoms with Gasteiger partial charge in [-0.3, -0.25) is 37.3 Å². The third-order valence-corrected chi connectivity index (χ3v) is 19.4. The number of unbranched alkanes of at least 4 members (excludes halogenated alkanes) is 44. The molecule has 0 spiro atoms. The smallest absolute Gasteiger partial charge is 0.462 e. The molecule has 0 aliphatic rings. The van der Waals surface area contributed by atoms with Crippen LogP contribution in [0.1, 0.15) is 388 Å². The molecule has 94 heavy (non-hydrogen) atoms. The highest BCUT2D eigenvalue weighted by atomic mass is 31.2. The number of rotatable bonds is 74. The van der Waals surface area contributed by atoms with E-state index in [4.69, 9.17) is 37.0 Å². The number of phosphoric acid groups is 2. The van der Waals surface area contributed by atoms with Crippen LogP contribution < -0.4 is 0 Å². The first kappa shape index (κ1) is 92.1. The molecule has 19 heteroatoms. The van der Waals surface area contributed by atoms with Crippen molar-refractivity contribution in [1.82, 2.24) is 0 Å². The van der Waals surface area contributed by atoms with E-state index in [9.17, 15) is 43.2 Å². The predicted molar refractivity (Wildman–Crippen MR) is 381 cm³/mol. The lowest BCUT2D eigenvalue weighted by Crippen LogP contribution is -2.30. The second kappa shape index (κ2) is 66.9. The largest absolute Gasteiger partial charge is 0.472 e. The van der Waals surface area contributed by atoms with Crippen LogP contribution in [-0.4, -0.2) is 96.7 Å². The maximum Gasteiger partial charge on any atom is 0.472 e. The second-order valence-electron chi connectivity index (χ2n) is 28.0. The van der Waals surface area contributed by atoms with Crippen LogP contribution in [0.5, 0.6) is 0 Å². The number of phosphoric ester groups is 2. The molecule has 0 saturated carbocycles. The fourth-order valence-corrected chi connectivity index (χ4v) is 13.1. The summed E-state index contributed by atoms with van der Waals surface area (Å²) in [6, 6.07) is 0. The van der Waals surface area contributed by atoms with Gasteiger partial charge in [0.2, 0.25) is 0 Å². The van der Waals surface area contributed by atoms with Crippen LogP contribution in [-0.2, 0) is 65.4 Å². The molecule has 0 aromatic rings. The molecule has 0 aromatic carbocycles. The van der Waals surface area contributed by atoms with Gasteiger partial charge < -0.3 is 33.8 Å². The number of aliphatic hydroxyl groups excluding tert-OH is 1. The lowest BCUT2D eigenvalue weighted by atomic mass is 10.0. The number of esters is 4. The van der Waals surface area contributed by atoms with E-state index in [1.807, 2.05) is 0 Å². The number of carbonyl (C=O) groups excluding carboxylic acids is 4. The highest BCUT2D eigenvalue weighted by Crippen LogP contribution is 2.45. The average molecular weight is 1380 g/mol. The SMILES string of the molecule is CCCCCCCCCCCCCCCCCCCCCC(=O)O[C@H](COC(=O)CCCCCCCCCCCCCCCC)COP(=O)(O)OC[C@@H](O)COP(=O)(O)OC[C@@H](COC(=O)CCCCCCCCC(C)C)OC(=O)CCCCCCCCCCCC(C)C. The van der Waals surface area contributed by atoms with Crippen molar-refractivity contribution in [1.29, 1.82) is 0 Å². The van der Waals surface area contributed by atoms with Crippen LogP contribution in [0.25, 0.3) is 0 Å². The maximum atomic E-state index is 13.1. The maximum absolute atomic E-state index is 13.1. The average Bonchev–Trinajstić information content (AvgIpc) is 1.70. The summed E-state index contributed by atoms with van der Waals surface area (Å²) >= 11 is 0. The van der Waals surface area contributed by atoms with Crippen molar-refractivity contribution in [3.8, 4) is 0 Å². The number of ether oxygens (including phenoxy) is 4. The Morgan fingerprint density at radius 1 is 0.287 bits per heavy atom. The van der Waals surface area contributed by atoms with E-state index in [1.54, 1.807) is 0 Å². The molecular weight excluding hydrogens is 1230 g/mol. The Labute approximate surface area is 575 Å². The summed E-state index contributed by atoms with van der Waals surface area (Å²) in [7, 11) is -9.91. The summed E-state index contributed by atoms with van der Waals surface area (Å²) in [4.78, 5) is 72.7. The molecule has 0 radical (unpaired) electrons. The normalized spacial score (nSPS) is 14.0. The van der Waals surface area contributed by atoms with Crippen molar-refractivity contribution in [3.63, 3.8) is 0 Å². The van der Waals surface area contributed by atoms with Crippen molar-refractivity contribution in [2.45, 2.75) is 407 Å². The van der Waals surface area contributed by atoms with E-state index >= 15 is 0 Å². The van der Waals surface area contributed by atoms with Gasteiger partial charge in [-0.15, -0.1) is 0 Å². The molecule has 0 amide bonds. The van der Waals surface area contributed by atoms with Crippen LogP contribution in [0.15, 0.2) is 0 Å². The Balaban J connectivity index is 5.22. The zero-order chi connectivity index (χ0) is 69.3. The quantitative estimate of drug-likeness (QED) is 0.0222. The highest BCUT2D eigenvalue weighted by Gasteiger charge is 2.30. The minimum absolute atomic E-state index is 0.104. The topological polar surface area (TPSA) is 237 Å². The van der Waals surface area contributed by atoms with Crippen LogP contribution in [0.3, 0.4) is 0 Å². The molecule has 558 valence electrons. The Morgan fingerprint density at radius 2 is 0.489 bits per heavy atom. The zero-order valence-corrected chi connectivity index (χ0v) is 63.1. The van der Waals surface area contributed by atoms with Crippen molar-refractivity contribution < 1.29 is 80.2 Å². The van der Waals surface area contributed by atoms with Crippen LogP contribution in [0, 0.1) is 11.8 Å². The van der Waals surface area contributed by atoms with Gasteiger partial charge in [-0.25, -0.2) is 9.13 Å². The Hall–Kier alpha value is -1.94. The van der Waals surface area contributed by atoms with E-state index < -0.39 is 97.5 Å². The number of aliphatic hydroxyl groups is 1. The van der Waals surface area contributed by atoms with Gasteiger partial charge in [-0.05, 0) is 37.5 Å². The molecule has 0 rings (SSSR count). The first-order chi connectivity index (χ1) is 45.4. The molecule has 0 fully saturated rings. The van der Waals surface area contributed by atoms with E-state index in [-0.39, 0.29) is 25.7 Å². The molecule has 0 saturated heterocycles. The van der Waals surface area contributed by atoms with Gasteiger partial charge in [0.25, 0.3) is 0 Å². The lowest BCUT2D eigenvalue weighted by Gasteiger charge is -2.21. The number of hydrogen-bond donors (Lipinski definition) is 3. The molecule has 0 aromatic heterocycles. The molecule has 0 aliphatic carbocycles. The molecule has 0 heterocycles. The highest BCUT2D eigenvalue weighted by molar-refractivity contribution is 7.47. The summed E-state index contributed by atoms with van der Waals surface area (Å²) in [5.41, 5.74) is 0. The lowest BCUT2D eigenvalue weighted by molar-refractivity contribution is -0.161. The third-order valence-electron chi connectivity index (χ3n) is 17.5. The Kier molecular flexibility index (Phi) is 65.5. The first-order valence-corrected chi connectivity index (χ1v) is 42.0. The molecule has 0 bridgehead atoms. The van der Waals surface area contributed by atoms with Crippen LogP contribution in [0.4, 0.5) is 0 Å². The van der Waals surface area contributed by atoms with E-state index in [0.29, 0.717) is 31.6 Å². The van der Waals surface area contributed by atoms with E-state index in [2.05, 4.69) is 41.5 Å². The summed E-state index contributed by atoms with van der Waals surface area (Å²) < 4.78 is 68.4. The summed E-state index contributed by atoms with van der Waals surface area (Å²) in [5.74, 6) is -0.703. The minimum Gasteiger partial charge on any atom is -0.462 e. The van der Waals surface area contributed by atoms with Gasteiger partial charge in [0.05, 0.1) is 26.4 Å². The van der Waals surface area contributed by atoms with Gasteiger partial charge in [-0.1, -0.05) is 337 Å². The van der Waals surface area contributed by atoms with Gasteiger partial charge in [0, 0.05) is 25.7 Å². The van der Waals surface area contributed by atoms with Crippen LogP contribution in [0.2, 0.25) is 0 Å². The second-order valence-corrected chi connectivity index (χ2v) is 30.9. The van der Waals surface area contributed by atoms with Crippen molar-refractivity contribution in [2.75, 3.05) is 39.6 Å². The van der Waals surface area contributed by atoms with Gasteiger partial charge >= 0.3 is 39.5 Å². The van der Waals surface area contributed by atoms with Gasteiger partial charge in [0.1, 0.15) is 19.3 Å².